The number of rotatable bonds is 5. The highest BCUT2D eigenvalue weighted by Gasteiger charge is 2.07. The van der Waals surface area contributed by atoms with Crippen molar-refractivity contribution in [2.75, 3.05) is 14.2 Å². The van der Waals surface area contributed by atoms with Crippen molar-refractivity contribution < 1.29 is 4.74 Å². The van der Waals surface area contributed by atoms with E-state index in [0.29, 0.717) is 12.1 Å². The van der Waals surface area contributed by atoms with E-state index in [4.69, 9.17) is 4.74 Å². The highest BCUT2D eigenvalue weighted by atomic mass is 16.5. The molecule has 0 fully saturated rings. The molecule has 0 aliphatic rings. The van der Waals surface area contributed by atoms with Crippen LogP contribution < -0.4 is 5.32 Å². The largest absolute Gasteiger partial charge is 0.381 e. The van der Waals surface area contributed by atoms with Crippen molar-refractivity contribution in [3.05, 3.63) is 0 Å². The first-order valence-corrected chi connectivity index (χ1v) is 3.94. The molecular weight excluding hydrogens is 126 g/mol. The summed E-state index contributed by atoms with van der Waals surface area (Å²) in [5, 5.41) is 3.18. The van der Waals surface area contributed by atoms with E-state index >= 15 is 0 Å². The molecule has 0 rings (SSSR count). The van der Waals surface area contributed by atoms with Crippen LogP contribution >= 0.6 is 0 Å². The number of ether oxygens (including phenoxy) is 1. The van der Waals surface area contributed by atoms with E-state index in [9.17, 15) is 0 Å². The van der Waals surface area contributed by atoms with Gasteiger partial charge in [0, 0.05) is 13.2 Å². The van der Waals surface area contributed by atoms with Gasteiger partial charge in [0.25, 0.3) is 0 Å². The van der Waals surface area contributed by atoms with Crippen LogP contribution in [0.3, 0.4) is 0 Å². The van der Waals surface area contributed by atoms with Crippen LogP contribution in [0.25, 0.3) is 0 Å². The smallest absolute Gasteiger partial charge is 0.0583 e. The maximum atomic E-state index is 5.23. The predicted octanol–water partition coefficient (Wildman–Crippen LogP) is 1.41. The predicted molar refractivity (Wildman–Crippen MR) is 44.2 cm³/mol. The van der Waals surface area contributed by atoms with Crippen molar-refractivity contribution in [1.82, 2.24) is 5.32 Å². The molecule has 10 heavy (non-hydrogen) atoms. The first-order valence-electron chi connectivity index (χ1n) is 3.94. The third kappa shape index (κ3) is 3.85. The lowest BCUT2D eigenvalue weighted by Crippen LogP contribution is -2.27. The average molecular weight is 145 g/mol. The summed E-state index contributed by atoms with van der Waals surface area (Å²) in [6.07, 6.45) is 2.62. The Balaban J connectivity index is 3.41. The third-order valence-corrected chi connectivity index (χ3v) is 1.90. The molecule has 0 aliphatic heterocycles. The van der Waals surface area contributed by atoms with E-state index in [-0.39, 0.29) is 0 Å². The van der Waals surface area contributed by atoms with Gasteiger partial charge >= 0.3 is 0 Å². The lowest BCUT2D eigenvalue weighted by atomic mass is 10.1. The summed E-state index contributed by atoms with van der Waals surface area (Å²) in [6.45, 7) is 4.32. The molecule has 0 radical (unpaired) electrons. The Morgan fingerprint density at radius 1 is 1.50 bits per heavy atom. The van der Waals surface area contributed by atoms with Gasteiger partial charge < -0.3 is 10.1 Å². The van der Waals surface area contributed by atoms with E-state index in [1.54, 1.807) is 7.11 Å². The molecule has 2 nitrogen and oxygen atoms in total. The summed E-state index contributed by atoms with van der Waals surface area (Å²) in [5.74, 6) is 0. The average Bonchev–Trinajstić information content (AvgIpc) is 1.99. The van der Waals surface area contributed by atoms with Crippen LogP contribution in [-0.2, 0) is 4.74 Å². The Kier molecular flexibility index (Phi) is 5.64. The van der Waals surface area contributed by atoms with Crippen molar-refractivity contribution in [2.45, 2.75) is 38.8 Å². The van der Waals surface area contributed by atoms with E-state index in [1.807, 2.05) is 7.05 Å². The van der Waals surface area contributed by atoms with Gasteiger partial charge in [-0.2, -0.15) is 0 Å². The Hall–Kier alpha value is -0.0800. The van der Waals surface area contributed by atoms with Crippen LogP contribution in [-0.4, -0.2) is 26.3 Å². The second-order valence-corrected chi connectivity index (χ2v) is 2.69. The fraction of sp³-hybridized carbons (Fsp3) is 1.00. The lowest BCUT2D eigenvalue weighted by Gasteiger charge is -2.17. The highest BCUT2D eigenvalue weighted by molar-refractivity contribution is 4.64. The first kappa shape index (κ1) is 9.92. The molecule has 0 spiro atoms. The van der Waals surface area contributed by atoms with E-state index in [2.05, 4.69) is 19.2 Å². The molecule has 2 unspecified atom stereocenters. The van der Waals surface area contributed by atoms with Gasteiger partial charge in [0.1, 0.15) is 0 Å². The van der Waals surface area contributed by atoms with Gasteiger partial charge in [0.15, 0.2) is 0 Å². The fourth-order valence-electron chi connectivity index (χ4n) is 0.942. The van der Waals surface area contributed by atoms with Crippen LogP contribution in [0, 0.1) is 0 Å². The molecule has 0 saturated heterocycles. The van der Waals surface area contributed by atoms with Crippen molar-refractivity contribution >= 4 is 0 Å². The Morgan fingerprint density at radius 3 is 2.40 bits per heavy atom. The van der Waals surface area contributed by atoms with Crippen molar-refractivity contribution in [3.8, 4) is 0 Å². The summed E-state index contributed by atoms with van der Waals surface area (Å²) < 4.78 is 5.23. The summed E-state index contributed by atoms with van der Waals surface area (Å²) >= 11 is 0. The second kappa shape index (κ2) is 5.69. The summed E-state index contributed by atoms with van der Waals surface area (Å²) in [6, 6.07) is 0.560. The van der Waals surface area contributed by atoms with Gasteiger partial charge in [-0.05, 0) is 26.8 Å². The molecule has 0 aromatic rings. The van der Waals surface area contributed by atoms with Crippen LogP contribution in [0.15, 0.2) is 0 Å². The van der Waals surface area contributed by atoms with Gasteiger partial charge in [-0.1, -0.05) is 6.92 Å². The van der Waals surface area contributed by atoms with Crippen molar-refractivity contribution in [2.24, 2.45) is 0 Å². The van der Waals surface area contributed by atoms with Gasteiger partial charge in [-0.25, -0.2) is 0 Å². The zero-order valence-electron chi connectivity index (χ0n) is 7.48. The van der Waals surface area contributed by atoms with Gasteiger partial charge in [-0.15, -0.1) is 0 Å². The van der Waals surface area contributed by atoms with Crippen molar-refractivity contribution in [1.29, 1.82) is 0 Å². The van der Waals surface area contributed by atoms with Gasteiger partial charge in [-0.3, -0.25) is 0 Å². The minimum atomic E-state index is 0.419. The quantitative estimate of drug-likeness (QED) is 0.631. The summed E-state index contributed by atoms with van der Waals surface area (Å²) in [7, 11) is 3.75. The van der Waals surface area contributed by atoms with E-state index in [0.717, 1.165) is 12.8 Å². The molecule has 0 aromatic heterocycles. The van der Waals surface area contributed by atoms with Gasteiger partial charge in [0.2, 0.25) is 0 Å². The molecule has 1 N–H and O–H groups in total. The Bertz CT molecular complexity index is 71.7. The Morgan fingerprint density at radius 2 is 2.10 bits per heavy atom. The zero-order chi connectivity index (χ0) is 7.98. The third-order valence-electron chi connectivity index (χ3n) is 1.90. The Labute approximate surface area is 64.0 Å². The maximum Gasteiger partial charge on any atom is 0.0583 e. The van der Waals surface area contributed by atoms with Crippen LogP contribution in [0.5, 0.6) is 0 Å². The molecule has 2 heteroatoms. The number of hydrogen-bond acceptors (Lipinski definition) is 2. The SMILES string of the molecule is CCC(CC(C)NC)OC. The molecule has 0 aromatic carbocycles. The second-order valence-electron chi connectivity index (χ2n) is 2.69. The normalized spacial score (nSPS) is 16.8. The number of methoxy groups -OCH3 is 1. The maximum absolute atomic E-state index is 5.23. The standard InChI is InChI=1S/C8H19NO/c1-5-8(10-4)6-7(2)9-3/h7-9H,5-6H2,1-4H3. The fourth-order valence-corrected chi connectivity index (χ4v) is 0.942. The zero-order valence-corrected chi connectivity index (χ0v) is 7.48. The number of hydrogen-bond donors (Lipinski definition) is 1. The first-order chi connectivity index (χ1) is 4.74. The highest BCUT2D eigenvalue weighted by Crippen LogP contribution is 2.04. The molecular formula is C8H19NO. The van der Waals surface area contributed by atoms with Crippen LogP contribution in [0.2, 0.25) is 0 Å². The molecule has 0 bridgehead atoms. The summed E-state index contributed by atoms with van der Waals surface area (Å²) in [5.41, 5.74) is 0. The van der Waals surface area contributed by atoms with E-state index in [1.165, 1.54) is 0 Å². The van der Waals surface area contributed by atoms with Crippen LogP contribution in [0.1, 0.15) is 26.7 Å². The minimum absolute atomic E-state index is 0.419. The summed E-state index contributed by atoms with van der Waals surface area (Å²) in [4.78, 5) is 0. The monoisotopic (exact) mass is 145 g/mol. The molecule has 2 atom stereocenters. The van der Waals surface area contributed by atoms with Crippen molar-refractivity contribution in [3.63, 3.8) is 0 Å². The van der Waals surface area contributed by atoms with E-state index < -0.39 is 0 Å². The minimum Gasteiger partial charge on any atom is -0.381 e. The topological polar surface area (TPSA) is 21.3 Å². The van der Waals surface area contributed by atoms with Gasteiger partial charge in [0.05, 0.1) is 6.10 Å². The molecule has 0 heterocycles. The molecule has 62 valence electrons. The van der Waals surface area contributed by atoms with Crippen LogP contribution in [0.4, 0.5) is 0 Å². The molecule has 0 aliphatic carbocycles. The molecule has 0 amide bonds. The molecule has 0 saturated carbocycles. The lowest BCUT2D eigenvalue weighted by molar-refractivity contribution is 0.0849. The number of nitrogens with one attached hydrogen (secondary N) is 1.